The van der Waals surface area contributed by atoms with Gasteiger partial charge in [-0.15, -0.1) is 0 Å². The SMILES string of the molecule is O=C(O)CCC(=O)Nc1ccc(N=Cc2ccc(I)cc2)cc1. The Morgan fingerprint density at radius 3 is 2.30 bits per heavy atom. The minimum absolute atomic E-state index is 0.0396. The summed E-state index contributed by atoms with van der Waals surface area (Å²) in [5.41, 5.74) is 2.40. The number of amides is 1. The number of carboxylic acid groups (broad SMARTS) is 1. The predicted octanol–water partition coefficient (Wildman–Crippen LogP) is 3.85. The van der Waals surface area contributed by atoms with E-state index in [4.69, 9.17) is 5.11 Å². The number of carbonyl (C=O) groups is 2. The van der Waals surface area contributed by atoms with E-state index in [0.717, 1.165) is 11.3 Å². The van der Waals surface area contributed by atoms with Crippen LogP contribution in [-0.2, 0) is 9.59 Å². The highest BCUT2D eigenvalue weighted by Gasteiger charge is 2.05. The number of hydrogen-bond donors (Lipinski definition) is 2. The molecule has 0 saturated carbocycles. The Hall–Kier alpha value is -2.22. The molecule has 6 heteroatoms. The van der Waals surface area contributed by atoms with Crippen molar-refractivity contribution in [1.82, 2.24) is 0 Å². The Morgan fingerprint density at radius 1 is 1.04 bits per heavy atom. The molecule has 23 heavy (non-hydrogen) atoms. The second-order valence-electron chi connectivity index (χ2n) is 4.80. The number of nitrogens with zero attached hydrogens (tertiary/aromatic N) is 1. The Bertz CT molecular complexity index is 710. The van der Waals surface area contributed by atoms with Crippen LogP contribution in [0.15, 0.2) is 53.5 Å². The molecule has 0 aliphatic rings. The zero-order chi connectivity index (χ0) is 16.7. The fourth-order valence-corrected chi connectivity index (χ4v) is 2.13. The number of carbonyl (C=O) groups excluding carboxylic acids is 1. The fourth-order valence-electron chi connectivity index (χ4n) is 1.77. The second-order valence-corrected chi connectivity index (χ2v) is 6.04. The van der Waals surface area contributed by atoms with Crippen LogP contribution < -0.4 is 5.32 Å². The van der Waals surface area contributed by atoms with Crippen LogP contribution in [0, 0.1) is 3.57 Å². The van der Waals surface area contributed by atoms with E-state index in [1.807, 2.05) is 24.3 Å². The molecule has 5 nitrogen and oxygen atoms in total. The van der Waals surface area contributed by atoms with Gasteiger partial charge in [-0.25, -0.2) is 0 Å². The summed E-state index contributed by atoms with van der Waals surface area (Å²) in [6.07, 6.45) is 1.56. The van der Waals surface area contributed by atoms with Gasteiger partial charge < -0.3 is 10.4 Å². The first-order valence-corrected chi connectivity index (χ1v) is 8.02. The molecule has 0 unspecified atom stereocenters. The standard InChI is InChI=1S/C17H15IN2O3/c18-13-3-1-12(2-4-13)11-19-14-5-7-15(8-6-14)20-16(21)9-10-17(22)23/h1-8,11H,9-10H2,(H,20,21)(H,22,23). The Balaban J connectivity index is 1.92. The zero-order valence-corrected chi connectivity index (χ0v) is 14.4. The molecule has 0 spiro atoms. The Morgan fingerprint density at radius 2 is 1.70 bits per heavy atom. The normalized spacial score (nSPS) is 10.7. The van der Waals surface area contributed by atoms with Gasteiger partial charge in [0.05, 0.1) is 12.1 Å². The van der Waals surface area contributed by atoms with E-state index < -0.39 is 5.97 Å². The molecule has 2 aromatic carbocycles. The zero-order valence-electron chi connectivity index (χ0n) is 12.2. The first-order valence-electron chi connectivity index (χ1n) is 6.94. The van der Waals surface area contributed by atoms with Gasteiger partial charge in [-0.2, -0.15) is 0 Å². The Labute approximate surface area is 147 Å². The van der Waals surface area contributed by atoms with Crippen LogP contribution >= 0.6 is 22.6 Å². The molecule has 0 fully saturated rings. The third kappa shape index (κ3) is 6.19. The lowest BCUT2D eigenvalue weighted by atomic mass is 10.2. The van der Waals surface area contributed by atoms with E-state index in [-0.39, 0.29) is 18.7 Å². The third-order valence-electron chi connectivity index (χ3n) is 2.95. The van der Waals surface area contributed by atoms with Crippen LogP contribution in [0.4, 0.5) is 11.4 Å². The maximum atomic E-state index is 11.5. The number of aliphatic imine (C=N–C) groups is 1. The molecular formula is C17H15IN2O3. The highest BCUT2D eigenvalue weighted by Crippen LogP contribution is 2.17. The monoisotopic (exact) mass is 422 g/mol. The quantitative estimate of drug-likeness (QED) is 0.549. The maximum Gasteiger partial charge on any atom is 0.303 e. The number of hydrogen-bond acceptors (Lipinski definition) is 3. The van der Waals surface area contributed by atoms with Crippen molar-refractivity contribution in [3.63, 3.8) is 0 Å². The molecule has 0 atom stereocenters. The molecule has 0 saturated heterocycles. The number of halogens is 1. The van der Waals surface area contributed by atoms with Crippen molar-refractivity contribution in [2.24, 2.45) is 4.99 Å². The summed E-state index contributed by atoms with van der Waals surface area (Å²) in [6, 6.07) is 15.0. The van der Waals surface area contributed by atoms with Gasteiger partial charge in [-0.05, 0) is 64.6 Å². The first-order chi connectivity index (χ1) is 11.0. The van der Waals surface area contributed by atoms with Gasteiger partial charge in [0, 0.05) is 21.9 Å². The van der Waals surface area contributed by atoms with Gasteiger partial charge in [-0.1, -0.05) is 12.1 Å². The largest absolute Gasteiger partial charge is 0.481 e. The van der Waals surface area contributed by atoms with Crippen LogP contribution in [0.1, 0.15) is 18.4 Å². The molecule has 2 N–H and O–H groups in total. The Kier molecular flexibility index (Phi) is 6.28. The molecule has 0 bridgehead atoms. The topological polar surface area (TPSA) is 78.8 Å². The van der Waals surface area contributed by atoms with Crippen LogP contribution in [0.3, 0.4) is 0 Å². The van der Waals surface area contributed by atoms with Gasteiger partial charge >= 0.3 is 5.97 Å². The highest BCUT2D eigenvalue weighted by molar-refractivity contribution is 14.1. The number of anilines is 1. The van der Waals surface area contributed by atoms with Crippen LogP contribution in [0.5, 0.6) is 0 Å². The van der Waals surface area contributed by atoms with Crippen LogP contribution in [0.2, 0.25) is 0 Å². The summed E-state index contributed by atoms with van der Waals surface area (Å²) in [5, 5.41) is 11.2. The number of aliphatic carboxylic acids is 1. The molecule has 0 aliphatic heterocycles. The van der Waals surface area contributed by atoms with Crippen molar-refractivity contribution in [1.29, 1.82) is 0 Å². The first kappa shape index (κ1) is 17.1. The minimum Gasteiger partial charge on any atom is -0.481 e. The van der Waals surface area contributed by atoms with Crippen molar-refractivity contribution in [2.45, 2.75) is 12.8 Å². The molecule has 0 aromatic heterocycles. The minimum atomic E-state index is -0.986. The predicted molar refractivity (Wildman–Crippen MR) is 98.4 cm³/mol. The van der Waals surface area contributed by atoms with Gasteiger partial charge in [0.1, 0.15) is 0 Å². The smallest absolute Gasteiger partial charge is 0.303 e. The lowest BCUT2D eigenvalue weighted by Crippen LogP contribution is -2.12. The van der Waals surface area contributed by atoms with E-state index in [2.05, 4.69) is 32.9 Å². The van der Waals surface area contributed by atoms with Gasteiger partial charge in [0.2, 0.25) is 5.91 Å². The molecule has 118 valence electrons. The third-order valence-corrected chi connectivity index (χ3v) is 3.67. The number of benzene rings is 2. The van der Waals surface area contributed by atoms with Gasteiger partial charge in [0.25, 0.3) is 0 Å². The average Bonchev–Trinajstić information content (AvgIpc) is 2.54. The molecule has 2 rings (SSSR count). The van der Waals surface area contributed by atoms with Gasteiger partial charge in [0.15, 0.2) is 0 Å². The molecule has 0 aliphatic carbocycles. The van der Waals surface area contributed by atoms with Crippen molar-refractivity contribution in [3.8, 4) is 0 Å². The van der Waals surface area contributed by atoms with E-state index in [1.54, 1.807) is 30.5 Å². The molecule has 0 radical (unpaired) electrons. The number of carboxylic acids is 1. The van der Waals surface area contributed by atoms with Gasteiger partial charge in [-0.3, -0.25) is 14.6 Å². The summed E-state index contributed by atoms with van der Waals surface area (Å²) < 4.78 is 1.17. The molecule has 0 heterocycles. The fraction of sp³-hybridized carbons (Fsp3) is 0.118. The van der Waals surface area contributed by atoms with Crippen molar-refractivity contribution in [2.75, 3.05) is 5.32 Å². The average molecular weight is 422 g/mol. The van der Waals surface area contributed by atoms with Crippen LogP contribution in [0.25, 0.3) is 0 Å². The lowest BCUT2D eigenvalue weighted by molar-refractivity contribution is -0.138. The van der Waals surface area contributed by atoms with E-state index in [1.165, 1.54) is 3.57 Å². The molecule has 1 amide bonds. The second kappa shape index (κ2) is 8.42. The summed E-state index contributed by atoms with van der Waals surface area (Å²) in [4.78, 5) is 26.3. The van der Waals surface area contributed by atoms with E-state index in [0.29, 0.717) is 5.69 Å². The van der Waals surface area contributed by atoms with Crippen molar-refractivity contribution < 1.29 is 14.7 Å². The summed E-state index contributed by atoms with van der Waals surface area (Å²) >= 11 is 2.25. The lowest BCUT2D eigenvalue weighted by Gasteiger charge is -2.04. The van der Waals surface area contributed by atoms with Crippen molar-refractivity contribution >= 4 is 52.1 Å². The summed E-state index contributed by atoms with van der Waals surface area (Å²) in [6.45, 7) is 0. The maximum absolute atomic E-state index is 11.5. The highest BCUT2D eigenvalue weighted by atomic mass is 127. The van der Waals surface area contributed by atoms with Crippen LogP contribution in [-0.4, -0.2) is 23.2 Å². The number of rotatable bonds is 6. The molecule has 2 aromatic rings. The molecular weight excluding hydrogens is 407 g/mol. The van der Waals surface area contributed by atoms with E-state index in [9.17, 15) is 9.59 Å². The number of nitrogens with one attached hydrogen (secondary N) is 1. The van der Waals surface area contributed by atoms with Crippen molar-refractivity contribution in [3.05, 3.63) is 57.7 Å². The summed E-state index contributed by atoms with van der Waals surface area (Å²) in [7, 11) is 0. The summed E-state index contributed by atoms with van der Waals surface area (Å²) in [5.74, 6) is -1.30. The van der Waals surface area contributed by atoms with E-state index >= 15 is 0 Å².